The number of hydrogen-bond donors (Lipinski definition) is 2. The summed E-state index contributed by atoms with van der Waals surface area (Å²) in [7, 11) is 0. The van der Waals surface area contributed by atoms with Crippen LogP contribution >= 0.6 is 0 Å². The molecule has 2 rings (SSSR count). The van der Waals surface area contributed by atoms with Crippen LogP contribution in [0.3, 0.4) is 0 Å². The van der Waals surface area contributed by atoms with Gasteiger partial charge in [0.1, 0.15) is 0 Å². The summed E-state index contributed by atoms with van der Waals surface area (Å²) in [4.78, 5) is 16.3. The van der Waals surface area contributed by atoms with Gasteiger partial charge < -0.3 is 9.97 Å². The smallest absolute Gasteiger partial charge is 0.309 e. The molecule has 0 radical (unpaired) electrons. The Morgan fingerprint density at radius 1 is 1.10 bits per heavy atom. The lowest BCUT2D eigenvalue weighted by Crippen LogP contribution is -2.18. The van der Waals surface area contributed by atoms with Gasteiger partial charge >= 0.3 is 5.69 Å². The summed E-state index contributed by atoms with van der Waals surface area (Å²) in [6.07, 6.45) is 0. The van der Waals surface area contributed by atoms with E-state index in [2.05, 4.69) is 23.8 Å². The summed E-state index contributed by atoms with van der Waals surface area (Å²) >= 11 is 0. The normalized spacial score (nSPS) is 29.4. The Morgan fingerprint density at radius 2 is 1.50 bits per heavy atom. The maximum atomic E-state index is 10.7. The first-order valence-electron chi connectivity index (χ1n) is 3.52. The van der Waals surface area contributed by atoms with E-state index in [1.165, 1.54) is 0 Å². The van der Waals surface area contributed by atoms with Gasteiger partial charge in [0.05, 0.1) is 0 Å². The van der Waals surface area contributed by atoms with Crippen molar-refractivity contribution in [1.29, 1.82) is 0 Å². The third-order valence-corrected chi connectivity index (χ3v) is 2.45. The predicted molar refractivity (Wildman–Crippen MR) is 38.2 cm³/mol. The Balaban J connectivity index is 2.59. The average Bonchev–Trinajstić information content (AvgIpc) is 2.27. The zero-order valence-corrected chi connectivity index (χ0v) is 6.06. The van der Waals surface area contributed by atoms with Crippen molar-refractivity contribution in [1.82, 2.24) is 9.97 Å². The number of hydrogen-bond acceptors (Lipinski definition) is 1. The van der Waals surface area contributed by atoms with Crippen LogP contribution in [0.15, 0.2) is 4.79 Å². The Kier molecular flexibility index (Phi) is 0.886. The molecule has 2 atom stereocenters. The molecule has 0 saturated heterocycles. The summed E-state index contributed by atoms with van der Waals surface area (Å²) in [5.74, 6) is 1.04. The number of nitrogens with one attached hydrogen (secondary N) is 2. The third-order valence-electron chi connectivity index (χ3n) is 2.45. The molecule has 2 unspecified atom stereocenters. The van der Waals surface area contributed by atoms with Crippen LogP contribution in [-0.4, -0.2) is 9.97 Å². The van der Waals surface area contributed by atoms with Gasteiger partial charge in [-0.25, -0.2) is 4.79 Å². The number of aromatic nitrogens is 2. The summed E-state index contributed by atoms with van der Waals surface area (Å²) in [6, 6.07) is 0. The zero-order valence-electron chi connectivity index (χ0n) is 6.06. The van der Waals surface area contributed by atoms with Gasteiger partial charge in [-0.2, -0.15) is 0 Å². The van der Waals surface area contributed by atoms with Crippen LogP contribution in [-0.2, 0) is 0 Å². The molecule has 1 aromatic heterocycles. The van der Waals surface area contributed by atoms with Crippen LogP contribution in [0, 0.1) is 0 Å². The van der Waals surface area contributed by atoms with Crippen molar-refractivity contribution < 1.29 is 0 Å². The highest BCUT2D eigenvalue weighted by Gasteiger charge is 2.33. The van der Waals surface area contributed by atoms with E-state index in [9.17, 15) is 4.79 Å². The topological polar surface area (TPSA) is 48.6 Å². The van der Waals surface area contributed by atoms with Crippen molar-refractivity contribution in [2.24, 2.45) is 0 Å². The van der Waals surface area contributed by atoms with Gasteiger partial charge in [-0.1, -0.05) is 13.8 Å². The fourth-order valence-corrected chi connectivity index (χ4v) is 1.53. The Morgan fingerprint density at radius 3 is 1.90 bits per heavy atom. The predicted octanol–water partition coefficient (Wildman–Crippen LogP) is 0.924. The molecule has 1 aromatic rings. The number of imidazole rings is 1. The third kappa shape index (κ3) is 0.478. The van der Waals surface area contributed by atoms with Crippen molar-refractivity contribution in [3.05, 3.63) is 21.9 Å². The van der Waals surface area contributed by atoms with Gasteiger partial charge in [-0.3, -0.25) is 0 Å². The molecule has 1 aliphatic rings. The number of rotatable bonds is 0. The summed E-state index contributed by atoms with van der Waals surface area (Å²) < 4.78 is 0. The van der Waals surface area contributed by atoms with Gasteiger partial charge in [-0.05, 0) is 0 Å². The van der Waals surface area contributed by atoms with Crippen molar-refractivity contribution in [2.45, 2.75) is 25.7 Å². The van der Waals surface area contributed by atoms with Crippen molar-refractivity contribution >= 4 is 0 Å². The minimum Gasteiger partial charge on any atom is -0.309 e. The Hall–Kier alpha value is -0.990. The molecule has 0 saturated carbocycles. The van der Waals surface area contributed by atoms with E-state index in [-0.39, 0.29) is 5.69 Å². The maximum absolute atomic E-state index is 10.7. The lowest BCUT2D eigenvalue weighted by Gasteiger charge is -2.29. The molecular formula is C7H10N2O. The molecule has 1 aliphatic carbocycles. The minimum absolute atomic E-state index is 0.0683. The first-order chi connectivity index (χ1) is 4.70. The van der Waals surface area contributed by atoms with Crippen molar-refractivity contribution in [2.75, 3.05) is 0 Å². The van der Waals surface area contributed by atoms with Crippen molar-refractivity contribution in [3.63, 3.8) is 0 Å². The molecule has 0 aromatic carbocycles. The number of aromatic amines is 2. The van der Waals surface area contributed by atoms with E-state index in [1.54, 1.807) is 0 Å². The number of H-pyrrole nitrogens is 2. The van der Waals surface area contributed by atoms with E-state index >= 15 is 0 Å². The molecule has 0 fully saturated rings. The standard InChI is InChI=1S/C7H10N2O/c1-3-4(2)6-5(3)8-7(10)9-6/h3-4H,1-2H3,(H2,8,9,10). The van der Waals surface area contributed by atoms with Gasteiger partial charge in [0, 0.05) is 23.2 Å². The van der Waals surface area contributed by atoms with E-state index in [0.717, 1.165) is 11.4 Å². The van der Waals surface area contributed by atoms with Crippen LogP contribution in [0.4, 0.5) is 0 Å². The lowest BCUT2D eigenvalue weighted by atomic mass is 9.77. The van der Waals surface area contributed by atoms with E-state index in [4.69, 9.17) is 0 Å². The van der Waals surface area contributed by atoms with E-state index in [0.29, 0.717) is 11.8 Å². The molecule has 0 bridgehead atoms. The van der Waals surface area contributed by atoms with Gasteiger partial charge in [0.25, 0.3) is 0 Å². The quantitative estimate of drug-likeness (QED) is 0.550. The second-order valence-electron chi connectivity index (χ2n) is 2.98. The molecule has 2 N–H and O–H groups in total. The molecule has 54 valence electrons. The second kappa shape index (κ2) is 1.54. The van der Waals surface area contributed by atoms with E-state index < -0.39 is 0 Å². The summed E-state index contributed by atoms with van der Waals surface area (Å²) in [6.45, 7) is 4.24. The molecule has 0 spiro atoms. The van der Waals surface area contributed by atoms with Crippen molar-refractivity contribution in [3.8, 4) is 0 Å². The number of fused-ring (bicyclic) bond motifs is 1. The Bertz CT molecular complexity index is 281. The highest BCUT2D eigenvalue weighted by atomic mass is 16.1. The van der Waals surface area contributed by atoms with Crippen LogP contribution < -0.4 is 5.69 Å². The Labute approximate surface area is 58.5 Å². The second-order valence-corrected chi connectivity index (χ2v) is 2.98. The molecule has 1 heterocycles. The SMILES string of the molecule is CC1c2[nH]c(=O)[nH]c2C1C. The minimum atomic E-state index is -0.0683. The van der Waals surface area contributed by atoms with Crippen LogP contribution in [0.2, 0.25) is 0 Å². The molecule has 10 heavy (non-hydrogen) atoms. The lowest BCUT2D eigenvalue weighted by molar-refractivity contribution is 0.518. The molecular weight excluding hydrogens is 128 g/mol. The first kappa shape index (κ1) is 5.77. The average molecular weight is 138 g/mol. The highest BCUT2D eigenvalue weighted by molar-refractivity contribution is 5.33. The van der Waals surface area contributed by atoms with Crippen LogP contribution in [0.25, 0.3) is 0 Å². The largest absolute Gasteiger partial charge is 0.323 e. The van der Waals surface area contributed by atoms with Crippen LogP contribution in [0.5, 0.6) is 0 Å². The molecule has 0 aliphatic heterocycles. The van der Waals surface area contributed by atoms with Gasteiger partial charge in [0.15, 0.2) is 0 Å². The fraction of sp³-hybridized carbons (Fsp3) is 0.571. The first-order valence-corrected chi connectivity index (χ1v) is 3.52. The molecule has 3 heteroatoms. The zero-order chi connectivity index (χ0) is 7.30. The highest BCUT2D eigenvalue weighted by Crippen LogP contribution is 2.42. The van der Waals surface area contributed by atoms with Gasteiger partial charge in [-0.15, -0.1) is 0 Å². The van der Waals surface area contributed by atoms with Crippen LogP contribution in [0.1, 0.15) is 37.1 Å². The summed E-state index contributed by atoms with van der Waals surface area (Å²) in [5, 5.41) is 0. The van der Waals surface area contributed by atoms with E-state index in [1.807, 2.05) is 0 Å². The van der Waals surface area contributed by atoms with Gasteiger partial charge in [0.2, 0.25) is 0 Å². The fourth-order valence-electron chi connectivity index (χ4n) is 1.53. The molecule has 0 amide bonds. The monoisotopic (exact) mass is 138 g/mol. The molecule has 3 nitrogen and oxygen atoms in total. The maximum Gasteiger partial charge on any atom is 0.323 e. The summed E-state index contributed by atoms with van der Waals surface area (Å²) in [5.41, 5.74) is 2.12.